The van der Waals surface area contributed by atoms with E-state index in [0.717, 1.165) is 57.8 Å². The highest BCUT2D eigenvalue weighted by Crippen LogP contribution is 2.24. The van der Waals surface area contributed by atoms with E-state index in [2.05, 4.69) is 26.0 Å². The number of rotatable bonds is 42. The summed E-state index contributed by atoms with van der Waals surface area (Å²) in [4.78, 5) is 25.4. The van der Waals surface area contributed by atoms with Gasteiger partial charge in [0.2, 0.25) is 0 Å². The molecule has 1 rings (SSSR count). The molecule has 13 heteroatoms. The highest BCUT2D eigenvalue weighted by Gasteiger charge is 2.46. The monoisotopic (exact) mass is 891 g/mol. The van der Waals surface area contributed by atoms with Crippen molar-refractivity contribution in [1.82, 2.24) is 0 Å². The van der Waals surface area contributed by atoms with Crippen molar-refractivity contribution in [2.24, 2.45) is 0 Å². The van der Waals surface area contributed by atoms with Crippen LogP contribution in [0, 0.1) is 0 Å². The summed E-state index contributed by atoms with van der Waals surface area (Å²) in [6, 6.07) is 0. The van der Waals surface area contributed by atoms with Gasteiger partial charge in [-0.1, -0.05) is 187 Å². The van der Waals surface area contributed by atoms with Crippen LogP contribution in [0.2, 0.25) is 0 Å². The van der Waals surface area contributed by atoms with Crippen LogP contribution in [0.3, 0.4) is 0 Å². The highest BCUT2D eigenvalue weighted by molar-refractivity contribution is 7.85. The second kappa shape index (κ2) is 38.8. The molecule has 1 fully saturated rings. The van der Waals surface area contributed by atoms with E-state index in [9.17, 15) is 37.9 Å². The van der Waals surface area contributed by atoms with Crippen molar-refractivity contribution in [3.63, 3.8) is 0 Å². The Balaban J connectivity index is 2.37. The lowest BCUT2D eigenvalue weighted by Gasteiger charge is -2.40. The Bertz CT molecular complexity index is 1180. The van der Waals surface area contributed by atoms with Crippen molar-refractivity contribution in [2.45, 2.75) is 263 Å². The molecule has 0 aromatic rings. The molecule has 0 radical (unpaired) electrons. The first-order valence-electron chi connectivity index (χ1n) is 24.7. The van der Waals surface area contributed by atoms with Gasteiger partial charge in [0.05, 0.1) is 6.61 Å². The van der Waals surface area contributed by atoms with Crippen molar-refractivity contribution >= 4 is 22.1 Å². The number of allylic oxidation sites excluding steroid dienone is 2. The average Bonchev–Trinajstić information content (AvgIpc) is 3.22. The summed E-state index contributed by atoms with van der Waals surface area (Å²) >= 11 is 0. The van der Waals surface area contributed by atoms with Crippen molar-refractivity contribution in [1.29, 1.82) is 0 Å². The first-order chi connectivity index (χ1) is 29.5. The molecule has 1 heterocycles. The molecule has 0 aromatic carbocycles. The predicted octanol–water partition coefficient (Wildman–Crippen LogP) is 10.6. The van der Waals surface area contributed by atoms with Gasteiger partial charge >= 0.3 is 11.9 Å². The summed E-state index contributed by atoms with van der Waals surface area (Å²) < 4.78 is 54.1. The van der Waals surface area contributed by atoms with Gasteiger partial charge in [-0.3, -0.25) is 14.1 Å². The predicted molar refractivity (Wildman–Crippen MR) is 243 cm³/mol. The van der Waals surface area contributed by atoms with Gasteiger partial charge in [0.25, 0.3) is 10.1 Å². The van der Waals surface area contributed by atoms with Crippen LogP contribution in [0.1, 0.15) is 226 Å². The van der Waals surface area contributed by atoms with Crippen LogP contribution < -0.4 is 0 Å². The van der Waals surface area contributed by atoms with E-state index >= 15 is 0 Å². The van der Waals surface area contributed by atoms with E-state index in [-0.39, 0.29) is 19.4 Å². The molecule has 4 N–H and O–H groups in total. The molecule has 0 amide bonds. The number of hydrogen-bond acceptors (Lipinski definition) is 11. The third-order valence-electron chi connectivity index (χ3n) is 11.6. The Morgan fingerprint density at radius 2 is 0.934 bits per heavy atom. The first kappa shape index (κ1) is 57.4. The zero-order valence-corrected chi connectivity index (χ0v) is 39.4. The molecular formula is C48H90O12S. The Kier molecular flexibility index (Phi) is 36.5. The molecule has 12 nitrogen and oxygen atoms in total. The number of hydrogen-bond donors (Lipinski definition) is 4. The summed E-state index contributed by atoms with van der Waals surface area (Å²) in [7, 11) is -4.60. The lowest BCUT2D eigenvalue weighted by atomic mass is 10.00. The van der Waals surface area contributed by atoms with Crippen LogP contribution in [-0.4, -0.2) is 96.0 Å². The average molecular weight is 891 g/mol. The number of aliphatic hydroxyl groups is 3. The van der Waals surface area contributed by atoms with E-state index < -0.39 is 71.2 Å². The molecule has 0 saturated carbocycles. The van der Waals surface area contributed by atoms with Crippen LogP contribution in [0.25, 0.3) is 0 Å². The lowest BCUT2D eigenvalue weighted by Crippen LogP contribution is -2.60. The minimum absolute atomic E-state index is 0.169. The number of carbonyl (C=O) groups excluding carboxylic acids is 2. The largest absolute Gasteiger partial charge is 0.462 e. The number of esters is 2. The fraction of sp³-hybridized carbons (Fsp3) is 0.917. The summed E-state index contributed by atoms with van der Waals surface area (Å²) in [5.74, 6) is -1.98. The Morgan fingerprint density at radius 3 is 1.38 bits per heavy atom. The SMILES string of the molecule is CCCCCC/C=C/CCCCCCCC(=O)OC[C@H](CO[C@H]1O[C@H](CS(=O)(=O)O)[C@@H](O)C(O)C1O)OC(=O)CCCCCCCCCCCCCCCCCCCCCC. The van der Waals surface area contributed by atoms with Crippen LogP contribution in [0.15, 0.2) is 12.2 Å². The van der Waals surface area contributed by atoms with Crippen molar-refractivity contribution < 1.29 is 56.8 Å². The molecule has 0 aromatic heterocycles. The van der Waals surface area contributed by atoms with Crippen LogP contribution in [0.4, 0.5) is 0 Å². The standard InChI is InChI=1S/C48H90O12S/c1-3-5-7-9-11-13-15-17-18-19-20-21-22-23-25-27-29-31-33-35-37-44(50)59-41(39-58-48-47(53)46(52)45(51)42(60-48)40-61(54,55)56)38-57-43(49)36-34-32-30-28-26-24-16-14-12-10-8-6-4-2/h14,16,41-42,45-48,51-53H,3-13,15,17-40H2,1-2H3,(H,54,55,56)/b16-14+/t41-,42-,45-,46?,47?,48+/m1/s1. The maximum absolute atomic E-state index is 12.8. The summed E-state index contributed by atoms with van der Waals surface area (Å²) in [5, 5.41) is 30.9. The van der Waals surface area contributed by atoms with Gasteiger partial charge in [0.15, 0.2) is 12.4 Å². The minimum Gasteiger partial charge on any atom is -0.462 e. The highest BCUT2D eigenvalue weighted by atomic mass is 32.2. The third kappa shape index (κ3) is 33.6. The molecular weight excluding hydrogens is 801 g/mol. The Morgan fingerprint density at radius 1 is 0.541 bits per heavy atom. The van der Waals surface area contributed by atoms with Gasteiger partial charge in [-0.2, -0.15) is 8.42 Å². The number of carbonyl (C=O) groups is 2. The van der Waals surface area contributed by atoms with Gasteiger partial charge in [0.1, 0.15) is 36.8 Å². The van der Waals surface area contributed by atoms with Crippen LogP contribution in [0.5, 0.6) is 0 Å². The van der Waals surface area contributed by atoms with Gasteiger partial charge in [0, 0.05) is 12.8 Å². The molecule has 1 aliphatic heterocycles. The summed E-state index contributed by atoms with van der Waals surface area (Å²) in [5.41, 5.74) is 0. The number of ether oxygens (including phenoxy) is 4. The smallest absolute Gasteiger partial charge is 0.306 e. The first-order valence-corrected chi connectivity index (χ1v) is 26.4. The second-order valence-electron chi connectivity index (χ2n) is 17.5. The van der Waals surface area contributed by atoms with E-state index in [1.54, 1.807) is 0 Å². The van der Waals surface area contributed by atoms with E-state index in [4.69, 9.17) is 18.9 Å². The lowest BCUT2D eigenvalue weighted by molar-refractivity contribution is -0.297. The van der Waals surface area contributed by atoms with E-state index in [1.807, 2.05) is 0 Å². The Labute approximate surface area is 371 Å². The van der Waals surface area contributed by atoms with Gasteiger partial charge in [-0.05, 0) is 38.5 Å². The zero-order chi connectivity index (χ0) is 44.8. The third-order valence-corrected chi connectivity index (χ3v) is 12.3. The van der Waals surface area contributed by atoms with Gasteiger partial charge in [-0.15, -0.1) is 0 Å². The summed E-state index contributed by atoms with van der Waals surface area (Å²) in [6.07, 6.45) is 32.6. The normalized spacial score (nSPS) is 20.0. The van der Waals surface area contributed by atoms with Gasteiger partial charge in [-0.25, -0.2) is 0 Å². The molecule has 2 unspecified atom stereocenters. The van der Waals surface area contributed by atoms with E-state index in [1.165, 1.54) is 128 Å². The number of unbranched alkanes of at least 4 members (excludes halogenated alkanes) is 28. The van der Waals surface area contributed by atoms with Crippen LogP contribution >= 0.6 is 0 Å². The molecule has 1 aliphatic rings. The fourth-order valence-corrected chi connectivity index (χ4v) is 8.42. The summed E-state index contributed by atoms with van der Waals surface area (Å²) in [6.45, 7) is 3.77. The minimum atomic E-state index is -4.60. The van der Waals surface area contributed by atoms with Crippen molar-refractivity contribution in [2.75, 3.05) is 19.0 Å². The molecule has 0 spiro atoms. The van der Waals surface area contributed by atoms with Crippen molar-refractivity contribution in [3.05, 3.63) is 12.2 Å². The quantitative estimate of drug-likeness (QED) is 0.0197. The molecule has 6 atom stereocenters. The molecule has 1 saturated heterocycles. The second-order valence-corrected chi connectivity index (χ2v) is 19.0. The molecule has 0 aliphatic carbocycles. The molecule has 360 valence electrons. The fourth-order valence-electron chi connectivity index (χ4n) is 7.73. The van der Waals surface area contributed by atoms with Crippen LogP contribution in [-0.2, 0) is 38.7 Å². The molecule has 0 bridgehead atoms. The van der Waals surface area contributed by atoms with Crippen molar-refractivity contribution in [3.8, 4) is 0 Å². The zero-order valence-electron chi connectivity index (χ0n) is 38.5. The molecule has 61 heavy (non-hydrogen) atoms. The number of aliphatic hydroxyl groups excluding tert-OH is 3. The maximum atomic E-state index is 12.8. The Hall–Kier alpha value is -1.61. The van der Waals surface area contributed by atoms with Gasteiger partial charge < -0.3 is 34.3 Å². The topological polar surface area (TPSA) is 186 Å². The van der Waals surface area contributed by atoms with E-state index in [0.29, 0.717) is 12.8 Å². The maximum Gasteiger partial charge on any atom is 0.306 e.